The summed E-state index contributed by atoms with van der Waals surface area (Å²) in [5.74, 6) is -0.228. The highest BCUT2D eigenvalue weighted by atomic mass is 79.9. The minimum atomic E-state index is -0.551. The van der Waals surface area contributed by atoms with Crippen molar-refractivity contribution in [3.05, 3.63) is 33.3 Å². The van der Waals surface area contributed by atoms with Crippen LogP contribution in [0.2, 0.25) is 5.02 Å². The second-order valence-corrected chi connectivity index (χ2v) is 4.45. The molecular weight excluding hydrogens is 281 g/mol. The Hall–Kier alpha value is -0.580. The fourth-order valence-electron chi connectivity index (χ4n) is 0.980. The van der Waals surface area contributed by atoms with E-state index in [1.165, 1.54) is 0 Å². The number of carbonyl (C=O) groups excluding carboxylic acids is 1. The molecule has 5 heteroatoms. The van der Waals surface area contributed by atoms with Crippen LogP contribution >= 0.6 is 27.5 Å². The third-order valence-corrected chi connectivity index (χ3v) is 2.95. The first kappa shape index (κ1) is 12.5. The predicted molar refractivity (Wildman–Crippen MR) is 63.2 cm³/mol. The van der Waals surface area contributed by atoms with Crippen molar-refractivity contribution in [2.45, 2.75) is 13.0 Å². The lowest BCUT2D eigenvalue weighted by molar-refractivity contribution is 0.0924. The molecule has 1 amide bonds. The van der Waals surface area contributed by atoms with Crippen LogP contribution in [0.3, 0.4) is 0 Å². The Morgan fingerprint density at radius 2 is 2.33 bits per heavy atom. The Morgan fingerprint density at radius 1 is 1.67 bits per heavy atom. The molecular formula is C10H11BrClNO2. The molecule has 0 aliphatic heterocycles. The van der Waals surface area contributed by atoms with Crippen molar-refractivity contribution < 1.29 is 9.90 Å². The molecule has 0 radical (unpaired) electrons. The van der Waals surface area contributed by atoms with E-state index in [0.717, 1.165) is 0 Å². The summed E-state index contributed by atoms with van der Waals surface area (Å²) in [4.78, 5) is 11.5. The fourth-order valence-corrected chi connectivity index (χ4v) is 1.48. The van der Waals surface area contributed by atoms with E-state index in [1.807, 2.05) is 0 Å². The highest BCUT2D eigenvalue weighted by molar-refractivity contribution is 9.10. The molecule has 1 rings (SSSR count). The second-order valence-electron chi connectivity index (χ2n) is 3.19. The maximum Gasteiger partial charge on any atom is 0.251 e. The van der Waals surface area contributed by atoms with Gasteiger partial charge in [0.05, 0.1) is 11.1 Å². The lowest BCUT2D eigenvalue weighted by atomic mass is 10.2. The molecule has 1 aromatic carbocycles. The van der Waals surface area contributed by atoms with Crippen molar-refractivity contribution in [2.75, 3.05) is 6.54 Å². The first-order chi connectivity index (χ1) is 7.00. The highest BCUT2D eigenvalue weighted by Gasteiger charge is 2.07. The molecule has 0 aromatic heterocycles. The number of rotatable bonds is 3. The van der Waals surface area contributed by atoms with E-state index < -0.39 is 6.10 Å². The average molecular weight is 293 g/mol. The third-order valence-electron chi connectivity index (χ3n) is 1.74. The molecule has 0 heterocycles. The molecule has 0 saturated heterocycles. The number of nitrogens with one attached hydrogen (secondary N) is 1. The summed E-state index contributed by atoms with van der Waals surface area (Å²) in [5, 5.41) is 12.2. The summed E-state index contributed by atoms with van der Waals surface area (Å²) >= 11 is 9.03. The van der Waals surface area contributed by atoms with Gasteiger partial charge in [0, 0.05) is 16.6 Å². The quantitative estimate of drug-likeness (QED) is 0.897. The summed E-state index contributed by atoms with van der Waals surface area (Å²) < 4.78 is 0.675. The minimum Gasteiger partial charge on any atom is -0.392 e. The molecule has 0 aliphatic carbocycles. The van der Waals surface area contributed by atoms with Gasteiger partial charge in [-0.25, -0.2) is 0 Å². The zero-order chi connectivity index (χ0) is 11.4. The number of carbonyl (C=O) groups is 1. The van der Waals surface area contributed by atoms with Gasteiger partial charge in [0.2, 0.25) is 0 Å². The smallest absolute Gasteiger partial charge is 0.251 e. The first-order valence-electron chi connectivity index (χ1n) is 4.42. The molecule has 2 N–H and O–H groups in total. The predicted octanol–water partition coefficient (Wildman–Crippen LogP) is 2.21. The normalized spacial score (nSPS) is 12.3. The number of hydrogen-bond donors (Lipinski definition) is 2. The number of amides is 1. The number of aliphatic hydroxyl groups excluding tert-OH is 1. The number of aliphatic hydroxyl groups is 1. The topological polar surface area (TPSA) is 49.3 Å². The molecule has 0 bridgehead atoms. The van der Waals surface area contributed by atoms with Gasteiger partial charge in [-0.15, -0.1) is 0 Å². The Labute approximate surface area is 102 Å². The van der Waals surface area contributed by atoms with E-state index in [0.29, 0.717) is 15.1 Å². The first-order valence-corrected chi connectivity index (χ1v) is 5.59. The van der Waals surface area contributed by atoms with Crippen LogP contribution in [0.4, 0.5) is 0 Å². The summed E-state index contributed by atoms with van der Waals surface area (Å²) in [6.45, 7) is 1.84. The molecule has 82 valence electrons. The van der Waals surface area contributed by atoms with Crippen LogP contribution in [0.25, 0.3) is 0 Å². The van der Waals surface area contributed by atoms with Gasteiger partial charge in [0.1, 0.15) is 0 Å². The maximum atomic E-state index is 11.5. The van der Waals surface area contributed by atoms with Gasteiger partial charge in [-0.1, -0.05) is 11.6 Å². The van der Waals surface area contributed by atoms with Crippen LogP contribution in [-0.2, 0) is 0 Å². The van der Waals surface area contributed by atoms with Gasteiger partial charge in [-0.05, 0) is 41.1 Å². The van der Waals surface area contributed by atoms with Crippen molar-refractivity contribution in [1.82, 2.24) is 5.32 Å². The molecule has 1 atom stereocenters. The van der Waals surface area contributed by atoms with E-state index >= 15 is 0 Å². The lowest BCUT2D eigenvalue weighted by Crippen LogP contribution is -2.30. The van der Waals surface area contributed by atoms with Gasteiger partial charge in [0.15, 0.2) is 0 Å². The monoisotopic (exact) mass is 291 g/mol. The van der Waals surface area contributed by atoms with Gasteiger partial charge in [-0.3, -0.25) is 4.79 Å². The van der Waals surface area contributed by atoms with Crippen molar-refractivity contribution in [3.63, 3.8) is 0 Å². The Bertz CT molecular complexity index is 368. The maximum absolute atomic E-state index is 11.5. The van der Waals surface area contributed by atoms with Gasteiger partial charge < -0.3 is 10.4 Å². The average Bonchev–Trinajstić information content (AvgIpc) is 2.18. The van der Waals surface area contributed by atoms with Crippen LogP contribution in [0.15, 0.2) is 22.7 Å². The minimum absolute atomic E-state index is 0.228. The molecule has 15 heavy (non-hydrogen) atoms. The van der Waals surface area contributed by atoms with E-state index in [1.54, 1.807) is 25.1 Å². The number of hydrogen-bond acceptors (Lipinski definition) is 2. The largest absolute Gasteiger partial charge is 0.392 e. The highest BCUT2D eigenvalue weighted by Crippen LogP contribution is 2.23. The van der Waals surface area contributed by atoms with Crippen LogP contribution in [0, 0.1) is 0 Å². The standard InChI is InChI=1S/C10H11BrClNO2/c1-6(14)5-13-10(15)7-2-3-9(12)8(11)4-7/h2-4,6,14H,5H2,1H3,(H,13,15)/t6-/m0/s1. The van der Waals surface area contributed by atoms with E-state index in [9.17, 15) is 4.79 Å². The van der Waals surface area contributed by atoms with Gasteiger partial charge in [0.25, 0.3) is 5.91 Å². The third kappa shape index (κ3) is 3.81. The molecule has 0 fully saturated rings. The molecule has 3 nitrogen and oxygen atoms in total. The molecule has 0 spiro atoms. The summed E-state index contributed by atoms with van der Waals surface area (Å²) in [7, 11) is 0. The molecule has 0 unspecified atom stereocenters. The lowest BCUT2D eigenvalue weighted by Gasteiger charge is -2.07. The summed E-state index contributed by atoms with van der Waals surface area (Å²) in [5.41, 5.74) is 0.506. The van der Waals surface area contributed by atoms with Crippen LogP contribution < -0.4 is 5.32 Å². The van der Waals surface area contributed by atoms with Crippen molar-refractivity contribution >= 4 is 33.4 Å². The molecule has 0 aliphatic rings. The van der Waals surface area contributed by atoms with E-state index in [4.69, 9.17) is 16.7 Å². The van der Waals surface area contributed by atoms with Gasteiger partial charge in [-0.2, -0.15) is 0 Å². The Kier molecular flexibility index (Phi) is 4.57. The van der Waals surface area contributed by atoms with Gasteiger partial charge >= 0.3 is 0 Å². The van der Waals surface area contributed by atoms with Crippen molar-refractivity contribution in [1.29, 1.82) is 0 Å². The van der Waals surface area contributed by atoms with Crippen LogP contribution in [0.1, 0.15) is 17.3 Å². The van der Waals surface area contributed by atoms with Crippen molar-refractivity contribution in [3.8, 4) is 0 Å². The van der Waals surface area contributed by atoms with Crippen molar-refractivity contribution in [2.24, 2.45) is 0 Å². The Balaban J connectivity index is 2.70. The van der Waals surface area contributed by atoms with E-state index in [-0.39, 0.29) is 12.5 Å². The fraction of sp³-hybridized carbons (Fsp3) is 0.300. The molecule has 0 saturated carbocycles. The summed E-state index contributed by atoms with van der Waals surface area (Å²) in [6.07, 6.45) is -0.551. The zero-order valence-electron chi connectivity index (χ0n) is 8.13. The Morgan fingerprint density at radius 3 is 2.87 bits per heavy atom. The second kappa shape index (κ2) is 5.49. The van der Waals surface area contributed by atoms with E-state index in [2.05, 4.69) is 21.2 Å². The van der Waals surface area contributed by atoms with Crippen LogP contribution in [0.5, 0.6) is 0 Å². The zero-order valence-corrected chi connectivity index (χ0v) is 10.5. The molecule has 1 aromatic rings. The van der Waals surface area contributed by atoms with Crippen LogP contribution in [-0.4, -0.2) is 23.7 Å². The SMILES string of the molecule is C[C@H](O)CNC(=O)c1ccc(Cl)c(Br)c1. The number of halogens is 2. The summed E-state index contributed by atoms with van der Waals surface area (Å²) in [6, 6.07) is 4.91. The number of benzene rings is 1.